The fraction of sp³-hybridized carbons (Fsp3) is 0.500. The minimum atomic E-state index is 0.740. The fourth-order valence-electron chi connectivity index (χ4n) is 2.84. The highest BCUT2D eigenvalue weighted by Crippen LogP contribution is 2.20. The van der Waals surface area contributed by atoms with Crippen molar-refractivity contribution in [2.45, 2.75) is 19.3 Å². The zero-order valence-corrected chi connectivity index (χ0v) is 11.4. The predicted octanol–water partition coefficient (Wildman–Crippen LogP) is 2.87. The molecule has 18 heavy (non-hydrogen) atoms. The molecule has 0 radical (unpaired) electrons. The van der Waals surface area contributed by atoms with Crippen LogP contribution in [-0.2, 0) is 6.42 Å². The molecule has 1 unspecified atom stereocenters. The number of hydrogen-bond donors (Lipinski definition) is 0. The van der Waals surface area contributed by atoms with Crippen LogP contribution in [0.5, 0.6) is 0 Å². The van der Waals surface area contributed by atoms with Crippen LogP contribution in [0.1, 0.15) is 18.5 Å². The van der Waals surface area contributed by atoms with Gasteiger partial charge in [-0.3, -0.25) is 0 Å². The largest absolute Gasteiger partial charge is 0.307 e. The molecule has 2 aromatic rings. The van der Waals surface area contributed by atoms with E-state index in [2.05, 4.69) is 23.1 Å². The van der Waals surface area contributed by atoms with Gasteiger partial charge in [-0.15, -0.1) is 0 Å². The summed E-state index contributed by atoms with van der Waals surface area (Å²) >= 11 is 5.98. The fourth-order valence-corrected chi connectivity index (χ4v) is 3.00. The van der Waals surface area contributed by atoms with Gasteiger partial charge in [0.05, 0.1) is 5.69 Å². The van der Waals surface area contributed by atoms with E-state index in [1.54, 1.807) is 0 Å². The van der Waals surface area contributed by atoms with E-state index in [1.807, 2.05) is 22.7 Å². The number of imidazole rings is 1. The third kappa shape index (κ3) is 2.52. The summed E-state index contributed by atoms with van der Waals surface area (Å²) in [5.74, 6) is 0.740. The Hall–Kier alpha value is -1.06. The van der Waals surface area contributed by atoms with Gasteiger partial charge in [-0.1, -0.05) is 11.6 Å². The molecule has 0 aromatic carbocycles. The molecule has 1 saturated heterocycles. The van der Waals surface area contributed by atoms with Crippen molar-refractivity contribution in [1.82, 2.24) is 14.3 Å². The van der Waals surface area contributed by atoms with Crippen molar-refractivity contribution in [2.75, 3.05) is 20.1 Å². The highest BCUT2D eigenvalue weighted by Gasteiger charge is 2.18. The van der Waals surface area contributed by atoms with Crippen LogP contribution in [0.4, 0.5) is 0 Å². The van der Waals surface area contributed by atoms with Crippen molar-refractivity contribution < 1.29 is 0 Å². The van der Waals surface area contributed by atoms with Crippen molar-refractivity contribution in [3.05, 3.63) is 35.2 Å². The minimum absolute atomic E-state index is 0.740. The van der Waals surface area contributed by atoms with E-state index in [-0.39, 0.29) is 0 Å². The van der Waals surface area contributed by atoms with Gasteiger partial charge in [-0.2, -0.15) is 0 Å². The predicted molar refractivity (Wildman–Crippen MR) is 74.1 cm³/mol. The van der Waals surface area contributed by atoms with Crippen molar-refractivity contribution in [2.24, 2.45) is 5.92 Å². The summed E-state index contributed by atoms with van der Waals surface area (Å²) < 4.78 is 2.05. The maximum absolute atomic E-state index is 5.98. The highest BCUT2D eigenvalue weighted by molar-refractivity contribution is 6.30. The van der Waals surface area contributed by atoms with Gasteiger partial charge in [0.15, 0.2) is 0 Å². The van der Waals surface area contributed by atoms with Gasteiger partial charge < -0.3 is 9.30 Å². The SMILES string of the molecule is CN1CCCC(Cc2cn3ccc(Cl)cc3n2)C1. The molecule has 0 amide bonds. The van der Waals surface area contributed by atoms with Crippen LogP contribution in [0.15, 0.2) is 24.5 Å². The van der Waals surface area contributed by atoms with Crippen LogP contribution in [0, 0.1) is 5.92 Å². The summed E-state index contributed by atoms with van der Waals surface area (Å²) in [6.07, 6.45) is 7.80. The second kappa shape index (κ2) is 4.90. The zero-order valence-electron chi connectivity index (χ0n) is 10.6. The molecule has 1 aliphatic heterocycles. The summed E-state index contributed by atoms with van der Waals surface area (Å²) in [6.45, 7) is 2.42. The quantitative estimate of drug-likeness (QED) is 0.831. The molecule has 2 aromatic heterocycles. The summed E-state index contributed by atoms with van der Waals surface area (Å²) in [4.78, 5) is 7.07. The molecule has 1 atom stereocenters. The Balaban J connectivity index is 1.78. The van der Waals surface area contributed by atoms with E-state index in [0.717, 1.165) is 23.0 Å². The Morgan fingerprint density at radius 1 is 1.50 bits per heavy atom. The maximum atomic E-state index is 5.98. The third-order valence-electron chi connectivity index (χ3n) is 3.69. The lowest BCUT2D eigenvalue weighted by Gasteiger charge is -2.29. The van der Waals surface area contributed by atoms with Gasteiger partial charge in [0, 0.05) is 24.0 Å². The van der Waals surface area contributed by atoms with E-state index in [9.17, 15) is 0 Å². The number of likely N-dealkylation sites (tertiary alicyclic amines) is 1. The lowest BCUT2D eigenvalue weighted by Crippen LogP contribution is -2.33. The molecule has 0 spiro atoms. The molecule has 1 fully saturated rings. The van der Waals surface area contributed by atoms with Crippen molar-refractivity contribution in [3.63, 3.8) is 0 Å². The normalized spacial score (nSPS) is 21.6. The number of nitrogens with zero attached hydrogens (tertiary/aromatic N) is 3. The number of rotatable bonds is 2. The van der Waals surface area contributed by atoms with Crippen LogP contribution in [0.2, 0.25) is 5.02 Å². The van der Waals surface area contributed by atoms with Gasteiger partial charge in [0.25, 0.3) is 0 Å². The molecule has 3 heterocycles. The van der Waals surface area contributed by atoms with Crippen molar-refractivity contribution in [1.29, 1.82) is 0 Å². The van der Waals surface area contributed by atoms with E-state index in [4.69, 9.17) is 11.6 Å². The van der Waals surface area contributed by atoms with Crippen LogP contribution in [0.25, 0.3) is 5.65 Å². The lowest BCUT2D eigenvalue weighted by molar-refractivity contribution is 0.208. The van der Waals surface area contributed by atoms with Gasteiger partial charge in [0.2, 0.25) is 0 Å². The van der Waals surface area contributed by atoms with E-state index >= 15 is 0 Å². The Labute approximate surface area is 112 Å². The average molecular weight is 264 g/mol. The topological polar surface area (TPSA) is 20.5 Å². The summed E-state index contributed by atoms with van der Waals surface area (Å²) in [7, 11) is 2.20. The molecule has 1 aliphatic rings. The molecule has 0 bridgehead atoms. The average Bonchev–Trinajstić information content (AvgIpc) is 2.70. The molecular formula is C14H18ClN3. The van der Waals surface area contributed by atoms with Crippen LogP contribution in [0.3, 0.4) is 0 Å². The molecule has 3 rings (SSSR count). The minimum Gasteiger partial charge on any atom is -0.307 e. The zero-order chi connectivity index (χ0) is 12.5. The second-order valence-electron chi connectivity index (χ2n) is 5.32. The Morgan fingerprint density at radius 2 is 2.39 bits per heavy atom. The van der Waals surface area contributed by atoms with Crippen molar-refractivity contribution in [3.8, 4) is 0 Å². The maximum Gasteiger partial charge on any atom is 0.138 e. The summed E-state index contributed by atoms with van der Waals surface area (Å²) in [6, 6.07) is 3.81. The lowest BCUT2D eigenvalue weighted by atomic mass is 9.94. The Morgan fingerprint density at radius 3 is 3.22 bits per heavy atom. The molecule has 96 valence electrons. The van der Waals surface area contributed by atoms with Gasteiger partial charge in [0.1, 0.15) is 5.65 Å². The second-order valence-corrected chi connectivity index (χ2v) is 5.75. The molecule has 0 aliphatic carbocycles. The molecule has 3 nitrogen and oxygen atoms in total. The Bertz CT molecular complexity index is 549. The number of aromatic nitrogens is 2. The first-order chi connectivity index (χ1) is 8.70. The first kappa shape index (κ1) is 12.0. The number of fused-ring (bicyclic) bond motifs is 1. The number of halogens is 1. The van der Waals surface area contributed by atoms with E-state index < -0.39 is 0 Å². The van der Waals surface area contributed by atoms with E-state index in [1.165, 1.54) is 31.6 Å². The van der Waals surface area contributed by atoms with Crippen LogP contribution < -0.4 is 0 Å². The number of piperidine rings is 1. The molecule has 0 N–H and O–H groups in total. The Kier molecular flexibility index (Phi) is 3.27. The molecular weight excluding hydrogens is 246 g/mol. The molecule has 4 heteroatoms. The van der Waals surface area contributed by atoms with Crippen molar-refractivity contribution >= 4 is 17.2 Å². The standard InChI is InChI=1S/C14H18ClN3/c1-17-5-2-3-11(9-17)7-13-10-18-6-4-12(15)8-14(18)16-13/h4,6,8,10-11H,2-3,5,7,9H2,1H3. The first-order valence-corrected chi connectivity index (χ1v) is 6.90. The summed E-state index contributed by atoms with van der Waals surface area (Å²) in [5.41, 5.74) is 2.12. The third-order valence-corrected chi connectivity index (χ3v) is 3.93. The first-order valence-electron chi connectivity index (χ1n) is 6.52. The molecule has 0 saturated carbocycles. The highest BCUT2D eigenvalue weighted by atomic mass is 35.5. The van der Waals surface area contributed by atoms with Gasteiger partial charge in [-0.05, 0) is 50.9 Å². The number of pyridine rings is 1. The summed E-state index contributed by atoms with van der Waals surface area (Å²) in [5, 5.41) is 0.747. The monoisotopic (exact) mass is 263 g/mol. The van der Waals surface area contributed by atoms with Crippen LogP contribution >= 0.6 is 11.6 Å². The number of hydrogen-bond acceptors (Lipinski definition) is 2. The smallest absolute Gasteiger partial charge is 0.138 e. The van der Waals surface area contributed by atoms with Crippen LogP contribution in [-0.4, -0.2) is 34.4 Å². The van der Waals surface area contributed by atoms with Gasteiger partial charge in [-0.25, -0.2) is 4.98 Å². The van der Waals surface area contributed by atoms with E-state index in [0.29, 0.717) is 0 Å². The van der Waals surface area contributed by atoms with Gasteiger partial charge >= 0.3 is 0 Å².